The highest BCUT2D eigenvalue weighted by molar-refractivity contribution is 6.07. The number of hydrogen-bond donors (Lipinski definition) is 2. The molecule has 0 spiro atoms. The van der Waals surface area contributed by atoms with Crippen LogP contribution in [0.3, 0.4) is 0 Å². The lowest BCUT2D eigenvalue weighted by atomic mass is 10.1. The van der Waals surface area contributed by atoms with Crippen molar-refractivity contribution < 1.29 is 33.0 Å². The predicted molar refractivity (Wildman–Crippen MR) is 119 cm³/mol. The largest absolute Gasteiger partial charge is 0.493 e. The fourth-order valence-electron chi connectivity index (χ4n) is 3.06. The summed E-state index contributed by atoms with van der Waals surface area (Å²) in [5, 5.41) is 5.36. The average molecular weight is 452 g/mol. The lowest BCUT2D eigenvalue weighted by Gasteiger charge is -2.16. The topological polar surface area (TPSA) is 116 Å². The van der Waals surface area contributed by atoms with Gasteiger partial charge in [-0.3, -0.25) is 9.59 Å². The summed E-state index contributed by atoms with van der Waals surface area (Å²) in [5.74, 6) is -1.27. The van der Waals surface area contributed by atoms with E-state index in [1.807, 2.05) is 37.3 Å². The zero-order chi connectivity index (χ0) is 23.8. The molecule has 172 valence electrons. The van der Waals surface area contributed by atoms with E-state index in [0.717, 1.165) is 5.56 Å². The Balaban J connectivity index is 1.73. The van der Waals surface area contributed by atoms with Crippen molar-refractivity contribution >= 4 is 23.5 Å². The molecule has 3 rings (SSSR count). The van der Waals surface area contributed by atoms with Crippen LogP contribution in [-0.2, 0) is 9.53 Å². The summed E-state index contributed by atoms with van der Waals surface area (Å²) in [5.41, 5.74) is 1.01. The summed E-state index contributed by atoms with van der Waals surface area (Å²) in [7, 11) is 2.83. The van der Waals surface area contributed by atoms with E-state index in [4.69, 9.17) is 18.6 Å². The van der Waals surface area contributed by atoms with E-state index in [1.54, 1.807) is 6.07 Å². The fraction of sp³-hybridized carbons (Fsp3) is 0.208. The van der Waals surface area contributed by atoms with Crippen LogP contribution in [0, 0.1) is 0 Å². The zero-order valence-corrected chi connectivity index (χ0v) is 18.4. The van der Waals surface area contributed by atoms with Gasteiger partial charge >= 0.3 is 5.97 Å². The molecule has 0 aliphatic heterocycles. The third kappa shape index (κ3) is 5.91. The minimum absolute atomic E-state index is 0.0172. The Kier molecular flexibility index (Phi) is 7.69. The highest BCUT2D eigenvalue weighted by Crippen LogP contribution is 2.34. The summed E-state index contributed by atoms with van der Waals surface area (Å²) < 4.78 is 20.8. The van der Waals surface area contributed by atoms with Crippen LogP contribution < -0.4 is 20.1 Å². The van der Waals surface area contributed by atoms with Crippen molar-refractivity contribution in [3.8, 4) is 11.5 Å². The highest BCUT2D eigenvalue weighted by Gasteiger charge is 2.22. The normalized spacial score (nSPS) is 11.2. The molecule has 1 heterocycles. The van der Waals surface area contributed by atoms with Crippen LogP contribution in [0.25, 0.3) is 0 Å². The smallest absolute Gasteiger partial charge is 0.340 e. The van der Waals surface area contributed by atoms with Gasteiger partial charge in [0, 0.05) is 12.1 Å². The number of carbonyl (C=O) groups excluding carboxylic acids is 3. The lowest BCUT2D eigenvalue weighted by molar-refractivity contribution is -0.124. The van der Waals surface area contributed by atoms with E-state index in [1.165, 1.54) is 38.7 Å². The molecule has 2 N–H and O–H groups in total. The fourth-order valence-corrected chi connectivity index (χ4v) is 3.06. The van der Waals surface area contributed by atoms with Gasteiger partial charge in [-0.1, -0.05) is 30.3 Å². The molecule has 9 heteroatoms. The summed E-state index contributed by atoms with van der Waals surface area (Å²) in [4.78, 5) is 37.5. The van der Waals surface area contributed by atoms with E-state index >= 15 is 0 Å². The molecule has 9 nitrogen and oxygen atoms in total. The molecule has 0 radical (unpaired) electrons. The highest BCUT2D eigenvalue weighted by atomic mass is 16.5. The van der Waals surface area contributed by atoms with Crippen LogP contribution in [-0.4, -0.2) is 38.6 Å². The maximum Gasteiger partial charge on any atom is 0.340 e. The molecule has 0 saturated carbocycles. The van der Waals surface area contributed by atoms with Crippen molar-refractivity contribution in [2.45, 2.75) is 13.0 Å². The standard InChI is InChI=1S/C24H24N2O7/c1-15(16-8-5-4-6-9-16)25-22(27)14-33-24(29)17-12-20(30-2)21(31-3)13-18(17)26-23(28)19-10-7-11-32-19/h4-13,15H,14H2,1-3H3,(H,25,27)(H,26,28). The number of furan rings is 1. The van der Waals surface area contributed by atoms with Crippen molar-refractivity contribution in [1.82, 2.24) is 5.32 Å². The SMILES string of the molecule is COc1cc(NC(=O)c2ccco2)c(C(=O)OCC(=O)NC(C)c2ccccc2)cc1OC. The molecule has 1 atom stereocenters. The first-order valence-electron chi connectivity index (χ1n) is 10.0. The maximum absolute atomic E-state index is 12.8. The lowest BCUT2D eigenvalue weighted by Crippen LogP contribution is -2.31. The number of carbonyl (C=O) groups is 3. The van der Waals surface area contributed by atoms with E-state index in [9.17, 15) is 14.4 Å². The van der Waals surface area contributed by atoms with Crippen LogP contribution in [0.15, 0.2) is 65.3 Å². The number of methoxy groups -OCH3 is 2. The molecule has 3 aromatic rings. The Morgan fingerprint density at radius 2 is 1.67 bits per heavy atom. The Morgan fingerprint density at radius 3 is 2.30 bits per heavy atom. The number of esters is 1. The average Bonchev–Trinajstić information content (AvgIpc) is 3.38. The van der Waals surface area contributed by atoms with E-state index in [2.05, 4.69) is 10.6 Å². The quantitative estimate of drug-likeness (QED) is 0.477. The van der Waals surface area contributed by atoms with Crippen LogP contribution in [0.2, 0.25) is 0 Å². The van der Waals surface area contributed by atoms with E-state index < -0.39 is 24.4 Å². The summed E-state index contributed by atoms with van der Waals surface area (Å²) >= 11 is 0. The molecule has 0 saturated heterocycles. The van der Waals surface area contributed by atoms with Gasteiger partial charge in [-0.2, -0.15) is 0 Å². The second-order valence-electron chi connectivity index (χ2n) is 6.96. The Hall–Kier alpha value is -4.27. The molecule has 2 aromatic carbocycles. The molecule has 1 aromatic heterocycles. The van der Waals surface area contributed by atoms with Crippen LogP contribution >= 0.6 is 0 Å². The van der Waals surface area contributed by atoms with Crippen LogP contribution in [0.5, 0.6) is 11.5 Å². The first kappa shape index (κ1) is 23.4. The van der Waals surface area contributed by atoms with Crippen molar-refractivity contribution in [3.05, 3.63) is 77.7 Å². The van der Waals surface area contributed by atoms with Gasteiger partial charge in [-0.25, -0.2) is 4.79 Å². The molecule has 0 aliphatic rings. The Bertz CT molecular complexity index is 1110. The minimum Gasteiger partial charge on any atom is -0.493 e. The maximum atomic E-state index is 12.8. The molecular formula is C24H24N2O7. The van der Waals surface area contributed by atoms with Crippen LogP contribution in [0.4, 0.5) is 5.69 Å². The first-order chi connectivity index (χ1) is 15.9. The third-order valence-corrected chi connectivity index (χ3v) is 4.75. The summed E-state index contributed by atoms with van der Waals surface area (Å²) in [6, 6.07) is 15.0. The third-order valence-electron chi connectivity index (χ3n) is 4.75. The second kappa shape index (κ2) is 10.9. The first-order valence-corrected chi connectivity index (χ1v) is 10.0. The van der Waals surface area contributed by atoms with Crippen molar-refractivity contribution in [2.24, 2.45) is 0 Å². The van der Waals surface area contributed by atoms with Gasteiger partial charge in [0.25, 0.3) is 11.8 Å². The monoisotopic (exact) mass is 452 g/mol. The van der Waals surface area contributed by atoms with Gasteiger partial charge in [-0.05, 0) is 24.6 Å². The van der Waals surface area contributed by atoms with Gasteiger partial charge in [0.05, 0.1) is 37.8 Å². The molecule has 2 amide bonds. The molecule has 0 fully saturated rings. The Morgan fingerprint density at radius 1 is 0.970 bits per heavy atom. The molecule has 0 bridgehead atoms. The number of anilines is 1. The number of rotatable bonds is 9. The number of ether oxygens (including phenoxy) is 3. The second-order valence-corrected chi connectivity index (χ2v) is 6.96. The molecule has 33 heavy (non-hydrogen) atoms. The van der Waals surface area contributed by atoms with Crippen molar-refractivity contribution in [2.75, 3.05) is 26.1 Å². The van der Waals surface area contributed by atoms with Crippen molar-refractivity contribution in [1.29, 1.82) is 0 Å². The number of hydrogen-bond acceptors (Lipinski definition) is 7. The summed E-state index contributed by atoms with van der Waals surface area (Å²) in [6.45, 7) is 1.32. The van der Waals surface area contributed by atoms with E-state index in [-0.39, 0.29) is 28.8 Å². The molecule has 0 aliphatic carbocycles. The predicted octanol–water partition coefficient (Wildman–Crippen LogP) is 3.58. The summed E-state index contributed by atoms with van der Waals surface area (Å²) in [6.07, 6.45) is 1.35. The van der Waals surface area contributed by atoms with Gasteiger partial charge in [-0.15, -0.1) is 0 Å². The number of benzene rings is 2. The van der Waals surface area contributed by atoms with Gasteiger partial charge < -0.3 is 29.3 Å². The minimum atomic E-state index is -0.826. The molecular weight excluding hydrogens is 428 g/mol. The number of amides is 2. The molecule has 1 unspecified atom stereocenters. The van der Waals surface area contributed by atoms with E-state index in [0.29, 0.717) is 5.75 Å². The number of nitrogens with one attached hydrogen (secondary N) is 2. The zero-order valence-electron chi connectivity index (χ0n) is 18.4. The van der Waals surface area contributed by atoms with Crippen LogP contribution in [0.1, 0.15) is 39.4 Å². The Labute approximate surface area is 190 Å². The van der Waals surface area contributed by atoms with Gasteiger partial charge in [0.1, 0.15) is 0 Å². The van der Waals surface area contributed by atoms with Crippen molar-refractivity contribution in [3.63, 3.8) is 0 Å². The van der Waals surface area contributed by atoms with Gasteiger partial charge in [0.2, 0.25) is 0 Å². The van der Waals surface area contributed by atoms with Gasteiger partial charge in [0.15, 0.2) is 23.9 Å².